The van der Waals surface area contributed by atoms with Gasteiger partial charge in [0.25, 0.3) is 5.91 Å². The molecule has 0 aliphatic heterocycles. The van der Waals surface area contributed by atoms with Crippen LogP contribution in [0.15, 0.2) is 59.8 Å². The zero-order chi connectivity index (χ0) is 15.8. The van der Waals surface area contributed by atoms with Gasteiger partial charge in [0.05, 0.1) is 6.54 Å². The van der Waals surface area contributed by atoms with Gasteiger partial charge in [-0.1, -0.05) is 36.4 Å². The Morgan fingerprint density at radius 1 is 1.23 bits per heavy atom. The van der Waals surface area contributed by atoms with Crippen molar-refractivity contribution in [3.63, 3.8) is 0 Å². The van der Waals surface area contributed by atoms with Crippen molar-refractivity contribution in [2.45, 2.75) is 6.54 Å². The quantitative estimate of drug-likeness (QED) is 0.799. The van der Waals surface area contributed by atoms with E-state index < -0.39 is 0 Å². The van der Waals surface area contributed by atoms with Gasteiger partial charge in [-0.25, -0.2) is 0 Å². The minimum Gasteiger partial charge on any atom is -0.343 e. The van der Waals surface area contributed by atoms with E-state index in [2.05, 4.69) is 11.9 Å². The summed E-state index contributed by atoms with van der Waals surface area (Å²) in [6, 6.07) is 11.5. The molecule has 0 atom stereocenters. The second kappa shape index (κ2) is 8.14. The molecule has 22 heavy (non-hydrogen) atoms. The Bertz CT molecular complexity index is 623. The standard InChI is InChI=1S/C17H18N2O2S/c1-2-9-19(12-14-6-4-3-5-7-14)16(20)11-18-17(21)15-8-10-22-13-15/h2-8,10,13H,1,9,11-12H2,(H,18,21). The van der Waals surface area contributed by atoms with E-state index in [4.69, 9.17) is 0 Å². The van der Waals surface area contributed by atoms with Crippen LogP contribution in [0.5, 0.6) is 0 Å². The Morgan fingerprint density at radius 3 is 2.64 bits per heavy atom. The van der Waals surface area contributed by atoms with Crippen molar-refractivity contribution in [1.29, 1.82) is 0 Å². The molecule has 5 heteroatoms. The average Bonchev–Trinajstić information content (AvgIpc) is 3.07. The average molecular weight is 314 g/mol. The van der Waals surface area contributed by atoms with E-state index in [1.807, 2.05) is 35.7 Å². The Morgan fingerprint density at radius 2 is 2.00 bits per heavy atom. The Hall–Kier alpha value is -2.40. The molecule has 4 nitrogen and oxygen atoms in total. The van der Waals surface area contributed by atoms with Gasteiger partial charge in [0.1, 0.15) is 0 Å². The first kappa shape index (κ1) is 16.0. The smallest absolute Gasteiger partial charge is 0.252 e. The molecular weight excluding hydrogens is 296 g/mol. The van der Waals surface area contributed by atoms with Crippen molar-refractivity contribution in [3.8, 4) is 0 Å². The summed E-state index contributed by atoms with van der Waals surface area (Å²) in [5, 5.41) is 6.24. The zero-order valence-corrected chi connectivity index (χ0v) is 13.0. The Balaban J connectivity index is 1.92. The number of nitrogens with zero attached hydrogens (tertiary/aromatic N) is 1. The molecule has 0 aliphatic rings. The number of rotatable bonds is 7. The molecule has 0 bridgehead atoms. The topological polar surface area (TPSA) is 49.4 Å². The van der Waals surface area contributed by atoms with Gasteiger partial charge in [0, 0.05) is 24.0 Å². The van der Waals surface area contributed by atoms with Crippen molar-refractivity contribution in [3.05, 3.63) is 70.9 Å². The number of carbonyl (C=O) groups excluding carboxylic acids is 2. The number of benzene rings is 1. The lowest BCUT2D eigenvalue weighted by Gasteiger charge is -2.21. The highest BCUT2D eigenvalue weighted by atomic mass is 32.1. The molecule has 1 N–H and O–H groups in total. The van der Waals surface area contributed by atoms with Crippen LogP contribution in [0.3, 0.4) is 0 Å². The van der Waals surface area contributed by atoms with Gasteiger partial charge in [0.15, 0.2) is 0 Å². The molecule has 1 aromatic heterocycles. The van der Waals surface area contributed by atoms with Gasteiger partial charge >= 0.3 is 0 Å². The summed E-state index contributed by atoms with van der Waals surface area (Å²) in [6.07, 6.45) is 1.68. The van der Waals surface area contributed by atoms with Crippen LogP contribution in [0.2, 0.25) is 0 Å². The van der Waals surface area contributed by atoms with Crippen molar-refractivity contribution in [1.82, 2.24) is 10.2 Å². The molecular formula is C17H18N2O2S. The highest BCUT2D eigenvalue weighted by Crippen LogP contribution is 2.06. The van der Waals surface area contributed by atoms with E-state index in [1.54, 1.807) is 22.4 Å². The summed E-state index contributed by atoms with van der Waals surface area (Å²) in [5.74, 6) is -0.361. The van der Waals surface area contributed by atoms with Gasteiger partial charge in [-0.3, -0.25) is 9.59 Å². The van der Waals surface area contributed by atoms with Gasteiger partial charge in [-0.2, -0.15) is 11.3 Å². The van der Waals surface area contributed by atoms with Crippen molar-refractivity contribution >= 4 is 23.2 Å². The lowest BCUT2D eigenvalue weighted by atomic mass is 10.2. The molecule has 0 fully saturated rings. The predicted molar refractivity (Wildman–Crippen MR) is 88.7 cm³/mol. The maximum absolute atomic E-state index is 12.3. The number of nitrogens with one attached hydrogen (secondary N) is 1. The van der Waals surface area contributed by atoms with Crippen molar-refractivity contribution in [2.24, 2.45) is 0 Å². The fourth-order valence-corrected chi connectivity index (χ4v) is 2.61. The van der Waals surface area contributed by atoms with E-state index in [0.29, 0.717) is 18.7 Å². The van der Waals surface area contributed by atoms with Crippen LogP contribution in [0, 0.1) is 0 Å². The number of carbonyl (C=O) groups is 2. The van der Waals surface area contributed by atoms with Gasteiger partial charge < -0.3 is 10.2 Å². The third kappa shape index (κ3) is 4.56. The van der Waals surface area contributed by atoms with Gasteiger partial charge in [-0.05, 0) is 17.0 Å². The molecule has 0 spiro atoms. The Labute approximate surface area is 134 Å². The second-order valence-electron chi connectivity index (χ2n) is 4.74. The molecule has 0 saturated heterocycles. The van der Waals surface area contributed by atoms with Crippen molar-refractivity contribution < 1.29 is 9.59 Å². The van der Waals surface area contributed by atoms with Crippen LogP contribution in [0.1, 0.15) is 15.9 Å². The molecule has 0 aliphatic carbocycles. The molecule has 0 unspecified atom stereocenters. The fourth-order valence-electron chi connectivity index (χ4n) is 1.98. The number of amides is 2. The summed E-state index contributed by atoms with van der Waals surface area (Å²) >= 11 is 1.45. The maximum Gasteiger partial charge on any atom is 0.252 e. The van der Waals surface area contributed by atoms with Gasteiger partial charge in [-0.15, -0.1) is 6.58 Å². The van der Waals surface area contributed by atoms with E-state index in [0.717, 1.165) is 5.56 Å². The summed E-state index contributed by atoms with van der Waals surface area (Å²) in [4.78, 5) is 25.8. The Kier molecular flexibility index (Phi) is 5.91. The van der Waals surface area contributed by atoms with E-state index >= 15 is 0 Å². The highest BCUT2D eigenvalue weighted by molar-refractivity contribution is 7.08. The summed E-state index contributed by atoms with van der Waals surface area (Å²) in [7, 11) is 0. The summed E-state index contributed by atoms with van der Waals surface area (Å²) in [5.41, 5.74) is 1.62. The fraction of sp³-hybridized carbons (Fsp3) is 0.176. The number of hydrogen-bond acceptors (Lipinski definition) is 3. The minimum absolute atomic E-state index is 0.0185. The minimum atomic E-state index is -0.229. The van der Waals surface area contributed by atoms with E-state index in [-0.39, 0.29) is 18.4 Å². The predicted octanol–water partition coefficient (Wildman–Crippen LogP) is 2.69. The number of thiophene rings is 1. The van der Waals surface area contributed by atoms with Crippen molar-refractivity contribution in [2.75, 3.05) is 13.1 Å². The molecule has 1 aromatic carbocycles. The highest BCUT2D eigenvalue weighted by Gasteiger charge is 2.14. The zero-order valence-electron chi connectivity index (χ0n) is 12.2. The summed E-state index contributed by atoms with van der Waals surface area (Å²) < 4.78 is 0. The molecule has 1 heterocycles. The molecule has 0 radical (unpaired) electrons. The van der Waals surface area contributed by atoms with Crippen LogP contribution in [-0.2, 0) is 11.3 Å². The number of hydrogen-bond donors (Lipinski definition) is 1. The molecule has 2 aromatic rings. The monoisotopic (exact) mass is 314 g/mol. The van der Waals surface area contributed by atoms with Crippen LogP contribution in [0.25, 0.3) is 0 Å². The molecule has 114 valence electrons. The largest absolute Gasteiger partial charge is 0.343 e. The first-order valence-electron chi connectivity index (χ1n) is 6.93. The SMILES string of the molecule is C=CCN(Cc1ccccc1)C(=O)CNC(=O)c1ccsc1. The third-order valence-electron chi connectivity index (χ3n) is 3.10. The first-order chi connectivity index (χ1) is 10.7. The van der Waals surface area contributed by atoms with E-state index in [1.165, 1.54) is 11.3 Å². The van der Waals surface area contributed by atoms with E-state index in [9.17, 15) is 9.59 Å². The lowest BCUT2D eigenvalue weighted by molar-refractivity contribution is -0.130. The maximum atomic E-state index is 12.3. The van der Waals surface area contributed by atoms with Crippen LogP contribution < -0.4 is 5.32 Å². The lowest BCUT2D eigenvalue weighted by Crippen LogP contribution is -2.39. The van der Waals surface area contributed by atoms with Crippen LogP contribution in [-0.4, -0.2) is 29.8 Å². The molecule has 0 saturated carbocycles. The molecule has 2 amide bonds. The first-order valence-corrected chi connectivity index (χ1v) is 7.88. The molecule has 2 rings (SSSR count). The van der Waals surface area contributed by atoms with Crippen LogP contribution >= 0.6 is 11.3 Å². The van der Waals surface area contributed by atoms with Gasteiger partial charge in [0.2, 0.25) is 5.91 Å². The van der Waals surface area contributed by atoms with Crippen LogP contribution in [0.4, 0.5) is 0 Å². The third-order valence-corrected chi connectivity index (χ3v) is 3.79. The summed E-state index contributed by atoms with van der Waals surface area (Å²) in [6.45, 7) is 4.61. The second-order valence-corrected chi connectivity index (χ2v) is 5.52. The normalized spacial score (nSPS) is 10.0.